The van der Waals surface area contributed by atoms with Crippen LogP contribution in [0.4, 0.5) is 0 Å². The van der Waals surface area contributed by atoms with Gasteiger partial charge in [-0.15, -0.1) is 0 Å². The molecule has 0 unspecified atom stereocenters. The molecule has 1 saturated heterocycles. The molecule has 0 spiro atoms. The van der Waals surface area contributed by atoms with E-state index in [9.17, 15) is 9.90 Å². The molecule has 0 radical (unpaired) electrons. The maximum Gasteiger partial charge on any atom is 0.306 e. The van der Waals surface area contributed by atoms with Crippen molar-refractivity contribution in [2.45, 2.75) is 19.4 Å². The van der Waals surface area contributed by atoms with Crippen molar-refractivity contribution in [3.05, 3.63) is 60.4 Å². The van der Waals surface area contributed by atoms with E-state index in [1.54, 1.807) is 0 Å². The van der Waals surface area contributed by atoms with Gasteiger partial charge in [-0.25, -0.2) is 4.98 Å². The van der Waals surface area contributed by atoms with Gasteiger partial charge in [0.05, 0.1) is 11.4 Å². The number of carboxylic acids is 1. The summed E-state index contributed by atoms with van der Waals surface area (Å²) in [6.07, 6.45) is 3.25. The first-order valence-corrected chi connectivity index (χ1v) is 8.68. The summed E-state index contributed by atoms with van der Waals surface area (Å²) in [5.41, 5.74) is 2.34. The lowest BCUT2D eigenvalue weighted by Crippen LogP contribution is -2.36. The molecular weight excluding hydrogens is 314 g/mol. The third kappa shape index (κ3) is 3.15. The van der Waals surface area contributed by atoms with E-state index in [1.165, 1.54) is 11.1 Å². The molecule has 3 heterocycles. The summed E-state index contributed by atoms with van der Waals surface area (Å²) < 4.78 is 2.21. The van der Waals surface area contributed by atoms with Gasteiger partial charge in [-0.3, -0.25) is 14.3 Å². The summed E-state index contributed by atoms with van der Waals surface area (Å²) in [7, 11) is 0. The second-order valence-corrected chi connectivity index (χ2v) is 6.61. The monoisotopic (exact) mass is 335 g/mol. The number of hydrogen-bond donors (Lipinski definition) is 1. The minimum absolute atomic E-state index is 0.196. The first-order valence-electron chi connectivity index (χ1n) is 8.68. The van der Waals surface area contributed by atoms with Crippen molar-refractivity contribution in [3.63, 3.8) is 0 Å². The Morgan fingerprint density at radius 3 is 2.60 bits per heavy atom. The summed E-state index contributed by atoms with van der Waals surface area (Å²) >= 11 is 0. The predicted molar refractivity (Wildman–Crippen MR) is 96.7 cm³/mol. The fourth-order valence-electron chi connectivity index (χ4n) is 3.65. The van der Waals surface area contributed by atoms with E-state index in [-0.39, 0.29) is 5.92 Å². The summed E-state index contributed by atoms with van der Waals surface area (Å²) in [4.78, 5) is 18.0. The minimum atomic E-state index is -0.665. The van der Waals surface area contributed by atoms with E-state index >= 15 is 0 Å². The van der Waals surface area contributed by atoms with E-state index in [0.29, 0.717) is 0 Å². The number of pyridine rings is 1. The molecule has 4 rings (SSSR count). The highest BCUT2D eigenvalue weighted by Gasteiger charge is 2.25. The van der Waals surface area contributed by atoms with E-state index in [2.05, 4.69) is 32.7 Å². The molecule has 1 fully saturated rings. The molecule has 3 aromatic rings. The van der Waals surface area contributed by atoms with Crippen molar-refractivity contribution in [1.82, 2.24) is 14.5 Å². The number of para-hydroxylation sites is 1. The van der Waals surface area contributed by atoms with Gasteiger partial charge in [0.15, 0.2) is 0 Å². The lowest BCUT2D eigenvalue weighted by atomic mass is 9.97. The van der Waals surface area contributed by atoms with E-state index < -0.39 is 5.97 Å². The molecule has 0 saturated carbocycles. The van der Waals surface area contributed by atoms with Crippen molar-refractivity contribution in [2.24, 2.45) is 5.92 Å². The maximum atomic E-state index is 11.1. The van der Waals surface area contributed by atoms with Crippen LogP contribution in [0.1, 0.15) is 18.5 Å². The lowest BCUT2D eigenvalue weighted by Gasteiger charge is -2.30. The Balaban J connectivity index is 1.65. The summed E-state index contributed by atoms with van der Waals surface area (Å²) in [6, 6.07) is 16.5. The van der Waals surface area contributed by atoms with Crippen molar-refractivity contribution < 1.29 is 9.90 Å². The van der Waals surface area contributed by atoms with Crippen LogP contribution in [0, 0.1) is 5.92 Å². The number of nitrogens with zero attached hydrogens (tertiary/aromatic N) is 3. The SMILES string of the molecule is O=C(O)C1CCN(Cc2cc3ccccc3n2-c2ccccn2)CC1. The second kappa shape index (κ2) is 6.69. The first-order chi connectivity index (χ1) is 12.2. The number of fused-ring (bicyclic) bond motifs is 1. The Morgan fingerprint density at radius 1 is 1.12 bits per heavy atom. The minimum Gasteiger partial charge on any atom is -0.481 e. The Hall–Kier alpha value is -2.66. The van der Waals surface area contributed by atoms with E-state index in [1.807, 2.05) is 36.5 Å². The number of hydrogen-bond acceptors (Lipinski definition) is 3. The number of carbonyl (C=O) groups is 1. The zero-order valence-corrected chi connectivity index (χ0v) is 14.0. The van der Waals surface area contributed by atoms with Crippen molar-refractivity contribution in [1.29, 1.82) is 0 Å². The molecule has 128 valence electrons. The van der Waals surface area contributed by atoms with Crippen LogP contribution in [0.25, 0.3) is 16.7 Å². The molecule has 1 aliphatic rings. The zero-order chi connectivity index (χ0) is 17.2. The molecule has 0 atom stereocenters. The average molecular weight is 335 g/mol. The van der Waals surface area contributed by atoms with Gasteiger partial charge in [-0.05, 0) is 50.2 Å². The van der Waals surface area contributed by atoms with Crippen LogP contribution in [0.2, 0.25) is 0 Å². The Kier molecular flexibility index (Phi) is 4.24. The topological polar surface area (TPSA) is 58.4 Å². The van der Waals surface area contributed by atoms with E-state index in [0.717, 1.165) is 43.8 Å². The van der Waals surface area contributed by atoms with Gasteiger partial charge < -0.3 is 5.11 Å². The number of benzene rings is 1. The molecule has 1 aromatic carbocycles. The third-order valence-corrected chi connectivity index (χ3v) is 4.99. The van der Waals surface area contributed by atoms with Gasteiger partial charge in [0.1, 0.15) is 5.82 Å². The van der Waals surface area contributed by atoms with Crippen molar-refractivity contribution >= 4 is 16.9 Å². The summed E-state index contributed by atoms with van der Waals surface area (Å²) in [5.74, 6) is 0.0549. The van der Waals surface area contributed by atoms with E-state index in [4.69, 9.17) is 0 Å². The third-order valence-electron chi connectivity index (χ3n) is 4.99. The number of aliphatic carboxylic acids is 1. The molecule has 25 heavy (non-hydrogen) atoms. The fourth-order valence-corrected chi connectivity index (χ4v) is 3.65. The molecule has 1 N–H and O–H groups in total. The van der Waals surface area contributed by atoms with Crippen molar-refractivity contribution in [2.75, 3.05) is 13.1 Å². The highest BCUT2D eigenvalue weighted by atomic mass is 16.4. The van der Waals surface area contributed by atoms with Gasteiger partial charge in [0.2, 0.25) is 0 Å². The normalized spacial score (nSPS) is 16.3. The van der Waals surface area contributed by atoms with Crippen LogP contribution in [-0.4, -0.2) is 38.6 Å². The zero-order valence-electron chi connectivity index (χ0n) is 14.0. The molecule has 5 nitrogen and oxygen atoms in total. The molecular formula is C20H21N3O2. The van der Waals surface area contributed by atoms with Gasteiger partial charge in [-0.1, -0.05) is 24.3 Å². The van der Waals surface area contributed by atoms with Gasteiger partial charge >= 0.3 is 5.97 Å². The van der Waals surface area contributed by atoms with Crippen LogP contribution < -0.4 is 0 Å². The Bertz CT molecular complexity index is 880. The number of carboxylic acid groups (broad SMARTS) is 1. The average Bonchev–Trinajstić information content (AvgIpc) is 3.00. The highest BCUT2D eigenvalue weighted by Crippen LogP contribution is 2.26. The smallest absolute Gasteiger partial charge is 0.306 e. The van der Waals surface area contributed by atoms with Gasteiger partial charge in [-0.2, -0.15) is 0 Å². The highest BCUT2D eigenvalue weighted by molar-refractivity contribution is 5.83. The summed E-state index contributed by atoms with van der Waals surface area (Å²) in [6.45, 7) is 2.44. The molecule has 0 aliphatic carbocycles. The van der Waals surface area contributed by atoms with Crippen LogP contribution in [0.5, 0.6) is 0 Å². The molecule has 0 amide bonds. The van der Waals surface area contributed by atoms with Crippen LogP contribution in [-0.2, 0) is 11.3 Å². The Morgan fingerprint density at radius 2 is 1.88 bits per heavy atom. The fraction of sp³-hybridized carbons (Fsp3) is 0.300. The number of rotatable bonds is 4. The van der Waals surface area contributed by atoms with Crippen LogP contribution in [0.15, 0.2) is 54.7 Å². The summed E-state index contributed by atoms with van der Waals surface area (Å²) in [5, 5.41) is 10.4. The lowest BCUT2D eigenvalue weighted by molar-refractivity contribution is -0.143. The van der Waals surface area contributed by atoms with Crippen LogP contribution in [0.3, 0.4) is 0 Å². The predicted octanol–water partition coefficient (Wildman–Crippen LogP) is 3.32. The molecule has 0 bridgehead atoms. The number of likely N-dealkylation sites (tertiary alicyclic amines) is 1. The number of piperidine rings is 1. The largest absolute Gasteiger partial charge is 0.481 e. The van der Waals surface area contributed by atoms with Crippen molar-refractivity contribution in [3.8, 4) is 5.82 Å². The van der Waals surface area contributed by atoms with Gasteiger partial charge in [0, 0.05) is 23.8 Å². The number of aromatic nitrogens is 2. The Labute approximate surface area is 146 Å². The van der Waals surface area contributed by atoms with Crippen LogP contribution >= 0.6 is 0 Å². The molecule has 1 aliphatic heterocycles. The standard InChI is InChI=1S/C20H21N3O2/c24-20(25)15-8-11-22(12-9-15)14-17-13-16-5-1-2-6-18(16)23(17)19-7-3-4-10-21-19/h1-7,10,13,15H,8-9,11-12,14H2,(H,24,25). The second-order valence-electron chi connectivity index (χ2n) is 6.61. The first kappa shape index (κ1) is 15.8. The molecule has 5 heteroatoms. The molecule has 2 aromatic heterocycles. The quantitative estimate of drug-likeness (QED) is 0.794. The maximum absolute atomic E-state index is 11.1. The van der Waals surface area contributed by atoms with Gasteiger partial charge in [0.25, 0.3) is 0 Å².